The number of likely N-dealkylation sites (N-methyl/N-ethyl adjacent to an activating group) is 1. The summed E-state index contributed by atoms with van der Waals surface area (Å²) < 4.78 is 5.87. The highest BCUT2D eigenvalue weighted by molar-refractivity contribution is 5.91. The number of rotatable bonds is 0. The molecule has 2 spiro atoms. The fourth-order valence-corrected chi connectivity index (χ4v) is 4.82. The van der Waals surface area contributed by atoms with E-state index in [0.717, 1.165) is 0 Å². The Morgan fingerprint density at radius 2 is 1.90 bits per heavy atom. The zero-order valence-electron chi connectivity index (χ0n) is 12.0. The molecule has 0 N–H and O–H groups in total. The second kappa shape index (κ2) is 3.47. The predicted octanol–water partition coefficient (Wildman–Crippen LogP) is 2.00. The Hall–Kier alpha value is -1.87. The van der Waals surface area contributed by atoms with E-state index in [1.807, 2.05) is 11.9 Å². The molecular weight excluding hydrogens is 262 g/mol. The maximum absolute atomic E-state index is 13.1. The highest BCUT2D eigenvalue weighted by atomic mass is 16.5. The minimum Gasteiger partial charge on any atom is -0.379 e. The van der Waals surface area contributed by atoms with Gasteiger partial charge in [0.05, 0.1) is 24.7 Å². The van der Waals surface area contributed by atoms with Gasteiger partial charge in [0.2, 0.25) is 5.91 Å². The van der Waals surface area contributed by atoms with Gasteiger partial charge < -0.3 is 9.64 Å². The number of amides is 1. The Kier molecular flexibility index (Phi) is 1.94. The SMILES string of the molecule is CN1C(=O)C23C=C[C@H]1[C@@H]1C=CC2(COC3)c2ccccc21. The number of hydrogen-bond acceptors (Lipinski definition) is 2. The first kappa shape index (κ1) is 11.8. The van der Waals surface area contributed by atoms with Crippen LogP contribution in [-0.2, 0) is 14.9 Å². The molecule has 21 heavy (non-hydrogen) atoms. The zero-order chi connectivity index (χ0) is 14.2. The monoisotopic (exact) mass is 279 g/mol. The molecule has 7 aliphatic rings. The molecule has 1 aromatic rings. The van der Waals surface area contributed by atoms with E-state index in [0.29, 0.717) is 13.2 Å². The van der Waals surface area contributed by atoms with Crippen molar-refractivity contribution in [1.29, 1.82) is 0 Å². The van der Waals surface area contributed by atoms with Gasteiger partial charge in [0.1, 0.15) is 5.41 Å². The molecule has 0 saturated carbocycles. The van der Waals surface area contributed by atoms with Crippen LogP contribution in [0.4, 0.5) is 0 Å². The summed E-state index contributed by atoms with van der Waals surface area (Å²) in [4.78, 5) is 15.0. The van der Waals surface area contributed by atoms with Crippen molar-refractivity contribution in [1.82, 2.24) is 4.90 Å². The molecular formula is C18H17NO2. The predicted molar refractivity (Wildman–Crippen MR) is 79.0 cm³/mol. The molecule has 0 aromatic heterocycles. The Morgan fingerprint density at radius 3 is 2.81 bits per heavy atom. The van der Waals surface area contributed by atoms with Crippen molar-refractivity contribution >= 4 is 5.91 Å². The lowest BCUT2D eigenvalue weighted by Crippen LogP contribution is -2.61. The smallest absolute Gasteiger partial charge is 0.236 e. The number of benzene rings is 1. The van der Waals surface area contributed by atoms with Crippen LogP contribution in [0.1, 0.15) is 17.0 Å². The van der Waals surface area contributed by atoms with E-state index in [1.54, 1.807) is 0 Å². The summed E-state index contributed by atoms with van der Waals surface area (Å²) in [5.41, 5.74) is 1.72. The largest absolute Gasteiger partial charge is 0.379 e. The average molecular weight is 279 g/mol. The molecule has 1 amide bonds. The summed E-state index contributed by atoms with van der Waals surface area (Å²) in [6.45, 7) is 1.06. The minimum absolute atomic E-state index is 0.111. The molecule has 1 saturated heterocycles. The molecule has 4 bridgehead atoms. The average Bonchev–Trinajstić information content (AvgIpc) is 2.83. The van der Waals surface area contributed by atoms with Gasteiger partial charge in [0.15, 0.2) is 0 Å². The number of carbonyl (C=O) groups excluding carboxylic acids is 1. The van der Waals surface area contributed by atoms with Gasteiger partial charge in [0.25, 0.3) is 0 Å². The van der Waals surface area contributed by atoms with Gasteiger partial charge in [-0.2, -0.15) is 0 Å². The molecule has 4 aliphatic heterocycles. The van der Waals surface area contributed by atoms with Crippen LogP contribution in [0.25, 0.3) is 0 Å². The molecule has 106 valence electrons. The molecule has 8 rings (SSSR count). The maximum Gasteiger partial charge on any atom is 0.236 e. The molecule has 4 heterocycles. The molecule has 2 unspecified atom stereocenters. The Balaban J connectivity index is 1.93. The number of ether oxygens (including phenoxy) is 1. The molecule has 3 aliphatic carbocycles. The Labute approximate surface area is 123 Å². The summed E-state index contributed by atoms with van der Waals surface area (Å²) in [6, 6.07) is 8.69. The molecule has 0 radical (unpaired) electrons. The van der Waals surface area contributed by atoms with Crippen molar-refractivity contribution in [3.8, 4) is 0 Å². The third kappa shape index (κ3) is 1.08. The van der Waals surface area contributed by atoms with Crippen molar-refractivity contribution < 1.29 is 9.53 Å². The van der Waals surface area contributed by atoms with Crippen molar-refractivity contribution in [3.63, 3.8) is 0 Å². The summed E-state index contributed by atoms with van der Waals surface area (Å²) in [5, 5.41) is 0. The summed E-state index contributed by atoms with van der Waals surface area (Å²) >= 11 is 0. The zero-order valence-corrected chi connectivity index (χ0v) is 12.0. The van der Waals surface area contributed by atoms with Crippen LogP contribution in [0.3, 0.4) is 0 Å². The first-order valence-electron chi connectivity index (χ1n) is 7.53. The molecule has 3 heteroatoms. The van der Waals surface area contributed by atoms with Crippen LogP contribution < -0.4 is 0 Å². The third-order valence-electron chi connectivity index (χ3n) is 5.94. The van der Waals surface area contributed by atoms with Gasteiger partial charge in [-0.05, 0) is 11.1 Å². The van der Waals surface area contributed by atoms with E-state index in [9.17, 15) is 4.79 Å². The van der Waals surface area contributed by atoms with E-state index in [1.165, 1.54) is 11.1 Å². The van der Waals surface area contributed by atoms with Gasteiger partial charge in [-0.15, -0.1) is 0 Å². The molecule has 4 atom stereocenters. The normalized spacial score (nSPS) is 42.0. The van der Waals surface area contributed by atoms with Crippen LogP contribution in [0, 0.1) is 5.41 Å². The van der Waals surface area contributed by atoms with Crippen LogP contribution in [0.2, 0.25) is 0 Å². The van der Waals surface area contributed by atoms with Gasteiger partial charge in [-0.3, -0.25) is 4.79 Å². The highest BCUT2D eigenvalue weighted by Gasteiger charge is 2.64. The van der Waals surface area contributed by atoms with Crippen LogP contribution in [0.5, 0.6) is 0 Å². The number of carbonyl (C=O) groups is 1. The van der Waals surface area contributed by atoms with Crippen molar-refractivity contribution in [2.75, 3.05) is 20.3 Å². The third-order valence-corrected chi connectivity index (χ3v) is 5.94. The molecule has 3 nitrogen and oxygen atoms in total. The molecule has 1 aromatic carbocycles. The topological polar surface area (TPSA) is 29.5 Å². The van der Waals surface area contributed by atoms with E-state index in [-0.39, 0.29) is 23.3 Å². The first-order valence-corrected chi connectivity index (χ1v) is 7.53. The van der Waals surface area contributed by atoms with Gasteiger partial charge in [0, 0.05) is 13.0 Å². The first-order chi connectivity index (χ1) is 10.2. The maximum atomic E-state index is 13.1. The van der Waals surface area contributed by atoms with Gasteiger partial charge >= 0.3 is 0 Å². The number of nitrogens with zero attached hydrogens (tertiary/aromatic N) is 1. The lowest BCUT2D eigenvalue weighted by atomic mass is 9.53. The van der Waals surface area contributed by atoms with E-state index in [4.69, 9.17) is 4.74 Å². The minimum atomic E-state index is -0.573. The standard InChI is InChI=1S/C18H17NO2/c1-19-15-7-9-18(16(19)20)11-21-10-17(18)8-6-13(15)12-4-2-3-5-14(12)17/h2-9,13,15H,10-11H2,1H3/t13-,15+,17?,18?/m1/s1. The fourth-order valence-electron chi connectivity index (χ4n) is 4.82. The van der Waals surface area contributed by atoms with E-state index < -0.39 is 5.41 Å². The van der Waals surface area contributed by atoms with Crippen LogP contribution >= 0.6 is 0 Å². The summed E-state index contributed by atoms with van der Waals surface area (Å²) in [6.07, 6.45) is 8.91. The van der Waals surface area contributed by atoms with Crippen LogP contribution in [-0.4, -0.2) is 37.1 Å². The van der Waals surface area contributed by atoms with Gasteiger partial charge in [-0.25, -0.2) is 0 Å². The second-order valence-corrected chi connectivity index (χ2v) is 6.67. The Morgan fingerprint density at radius 1 is 1.14 bits per heavy atom. The number of hydrogen-bond donors (Lipinski definition) is 0. The summed E-state index contributed by atoms with van der Waals surface area (Å²) in [7, 11) is 1.93. The quantitative estimate of drug-likeness (QED) is 0.680. The van der Waals surface area contributed by atoms with E-state index >= 15 is 0 Å². The second-order valence-electron chi connectivity index (χ2n) is 6.67. The Bertz CT molecular complexity index is 722. The van der Waals surface area contributed by atoms with E-state index in [2.05, 4.69) is 48.6 Å². The highest BCUT2D eigenvalue weighted by Crippen LogP contribution is 2.58. The van der Waals surface area contributed by atoms with Gasteiger partial charge in [-0.1, -0.05) is 48.6 Å². The lowest BCUT2D eigenvalue weighted by molar-refractivity contribution is -0.143. The van der Waals surface area contributed by atoms with Crippen molar-refractivity contribution in [2.24, 2.45) is 5.41 Å². The van der Waals surface area contributed by atoms with Crippen molar-refractivity contribution in [3.05, 3.63) is 59.7 Å². The molecule has 1 fully saturated rings. The summed E-state index contributed by atoms with van der Waals surface area (Å²) in [5.74, 6) is 0.451. The van der Waals surface area contributed by atoms with Crippen LogP contribution in [0.15, 0.2) is 48.6 Å². The van der Waals surface area contributed by atoms with Crippen molar-refractivity contribution in [2.45, 2.75) is 17.4 Å². The lowest BCUT2D eigenvalue weighted by Gasteiger charge is -2.53. The fraction of sp³-hybridized carbons (Fsp3) is 0.389.